The van der Waals surface area contributed by atoms with Crippen molar-refractivity contribution in [1.29, 1.82) is 5.26 Å². The Bertz CT molecular complexity index is 2210. The van der Waals surface area contributed by atoms with E-state index >= 15 is 0 Å². The lowest BCUT2D eigenvalue weighted by Gasteiger charge is -2.36. The molecular weight excluding hydrogens is 657 g/mol. The molecule has 0 unspecified atom stereocenters. The van der Waals surface area contributed by atoms with Gasteiger partial charge in [-0.25, -0.2) is 23.2 Å². The van der Waals surface area contributed by atoms with E-state index in [0.717, 1.165) is 11.8 Å². The summed E-state index contributed by atoms with van der Waals surface area (Å²) in [6.07, 6.45) is 10.7. The van der Waals surface area contributed by atoms with Gasteiger partial charge in [0.15, 0.2) is 9.84 Å². The van der Waals surface area contributed by atoms with Crippen LogP contribution in [0.3, 0.4) is 0 Å². The fourth-order valence-electron chi connectivity index (χ4n) is 5.83. The molecule has 14 heteroatoms. The minimum Gasteiger partial charge on any atom is -0.444 e. The Balaban J connectivity index is 1.19. The van der Waals surface area contributed by atoms with Crippen LogP contribution in [0.4, 0.5) is 16.4 Å². The molecule has 1 amide bonds. The fourth-order valence-corrected chi connectivity index (χ4v) is 6.42. The average Bonchev–Trinajstić information content (AvgIpc) is 3.13. The van der Waals surface area contributed by atoms with Gasteiger partial charge in [0.25, 0.3) is 5.56 Å². The first-order chi connectivity index (χ1) is 24.1. The van der Waals surface area contributed by atoms with Gasteiger partial charge in [-0.2, -0.15) is 5.26 Å². The third kappa shape index (κ3) is 7.85. The number of anilines is 2. The van der Waals surface area contributed by atoms with Gasteiger partial charge in [-0.3, -0.25) is 19.7 Å². The molecule has 6 rings (SSSR count). The number of nitriles is 1. The van der Waals surface area contributed by atoms with Gasteiger partial charge in [0.05, 0.1) is 39.9 Å². The smallest absolute Gasteiger partial charge is 0.414 e. The number of aromatic nitrogens is 5. The normalized spacial score (nSPS) is 15.9. The van der Waals surface area contributed by atoms with E-state index in [9.17, 15) is 23.3 Å². The Morgan fingerprint density at radius 3 is 2.46 bits per heavy atom. The van der Waals surface area contributed by atoms with Crippen molar-refractivity contribution in [2.75, 3.05) is 16.5 Å². The van der Waals surface area contributed by atoms with Crippen molar-refractivity contribution in [3.05, 3.63) is 113 Å². The van der Waals surface area contributed by atoms with E-state index in [1.54, 1.807) is 30.4 Å². The lowest BCUT2D eigenvalue weighted by molar-refractivity contribution is 0.142. The van der Waals surface area contributed by atoms with Gasteiger partial charge >= 0.3 is 6.09 Å². The number of rotatable bonds is 9. The maximum Gasteiger partial charge on any atom is 0.414 e. The molecule has 0 spiro atoms. The van der Waals surface area contributed by atoms with Crippen molar-refractivity contribution >= 4 is 27.6 Å². The summed E-state index contributed by atoms with van der Waals surface area (Å²) in [7, 11) is -1.84. The number of hydrogen-bond donors (Lipinski definition) is 1. The zero-order valence-electron chi connectivity index (χ0n) is 27.4. The molecule has 1 aromatic carbocycles. The van der Waals surface area contributed by atoms with Gasteiger partial charge in [0, 0.05) is 61.2 Å². The minimum absolute atomic E-state index is 0.0212. The number of benzene rings is 1. The van der Waals surface area contributed by atoms with Crippen LogP contribution < -0.4 is 15.8 Å². The molecule has 0 saturated heterocycles. The molecule has 13 nitrogen and oxygen atoms in total. The molecule has 0 aliphatic heterocycles. The number of carbonyl (C=O) groups is 1. The monoisotopic (exact) mass is 690 g/mol. The van der Waals surface area contributed by atoms with Crippen LogP contribution in [0, 0.1) is 11.3 Å². The molecule has 1 aliphatic carbocycles. The van der Waals surface area contributed by atoms with E-state index in [4.69, 9.17) is 4.74 Å². The molecule has 0 atom stereocenters. The van der Waals surface area contributed by atoms with Crippen LogP contribution in [-0.2, 0) is 28.2 Å². The van der Waals surface area contributed by atoms with Gasteiger partial charge in [-0.05, 0) is 55.5 Å². The molecule has 254 valence electrons. The van der Waals surface area contributed by atoms with E-state index < -0.39 is 15.9 Å². The van der Waals surface area contributed by atoms with Gasteiger partial charge in [0.2, 0.25) is 5.95 Å². The van der Waals surface area contributed by atoms with Gasteiger partial charge in [-0.15, -0.1) is 0 Å². The number of carbonyl (C=O) groups excluding carboxylic acids is 1. The van der Waals surface area contributed by atoms with Crippen molar-refractivity contribution in [2.45, 2.75) is 49.3 Å². The van der Waals surface area contributed by atoms with Crippen LogP contribution in [0.25, 0.3) is 22.5 Å². The van der Waals surface area contributed by atoms with Crippen molar-refractivity contribution in [2.24, 2.45) is 7.05 Å². The maximum absolute atomic E-state index is 13.7. The summed E-state index contributed by atoms with van der Waals surface area (Å²) in [6.45, 7) is 0.118. The number of nitrogens with zero attached hydrogens (tertiary/aromatic N) is 7. The molecule has 4 aromatic heterocycles. The predicted octanol–water partition coefficient (Wildman–Crippen LogP) is 5.14. The number of pyridine rings is 3. The highest BCUT2D eigenvalue weighted by Crippen LogP contribution is 2.31. The van der Waals surface area contributed by atoms with Crippen LogP contribution in [0.2, 0.25) is 0 Å². The van der Waals surface area contributed by atoms with Crippen LogP contribution in [0.1, 0.15) is 36.8 Å². The highest BCUT2D eigenvalue weighted by molar-refractivity contribution is 7.90. The lowest BCUT2D eigenvalue weighted by atomic mass is 9.90. The third-order valence-electron chi connectivity index (χ3n) is 8.55. The lowest BCUT2D eigenvalue weighted by Crippen LogP contribution is -2.44. The van der Waals surface area contributed by atoms with E-state index in [1.165, 1.54) is 35.3 Å². The standard InChI is InChI=1S/C36H34N8O5S/c1-43-15-14-25(17-33(43)45)32-13-12-30(21-39-32)44(36(46)49-23-24-6-4-3-5-7-24)29-10-8-28(9-11-29)41-35-40-20-27(18-37)34(42-35)26-16-31(22-38-19-26)50(2,47)48/h3-7,12-17,19-22,28-29H,8-11,23H2,1-2H3,(H,40,41,42)/t28-,29-. The number of amides is 1. The number of hydrogen-bond acceptors (Lipinski definition) is 11. The molecule has 1 N–H and O–H groups in total. The largest absolute Gasteiger partial charge is 0.444 e. The molecule has 5 aromatic rings. The first-order valence-electron chi connectivity index (χ1n) is 15.9. The Morgan fingerprint density at radius 2 is 1.78 bits per heavy atom. The van der Waals surface area contributed by atoms with Crippen LogP contribution in [0.5, 0.6) is 0 Å². The second kappa shape index (κ2) is 14.7. The number of sulfone groups is 1. The number of aryl methyl sites for hydroxylation is 1. The summed E-state index contributed by atoms with van der Waals surface area (Å²) in [5.41, 5.74) is 3.44. The molecule has 1 saturated carbocycles. The Morgan fingerprint density at radius 1 is 1.00 bits per heavy atom. The second-order valence-corrected chi connectivity index (χ2v) is 14.1. The highest BCUT2D eigenvalue weighted by Gasteiger charge is 2.32. The van der Waals surface area contributed by atoms with Crippen LogP contribution in [-0.4, -0.2) is 57.4 Å². The van der Waals surface area contributed by atoms with E-state index in [1.807, 2.05) is 42.5 Å². The zero-order valence-corrected chi connectivity index (χ0v) is 28.2. The van der Waals surface area contributed by atoms with E-state index in [2.05, 4.69) is 31.3 Å². The number of nitrogens with one attached hydrogen (secondary N) is 1. The molecule has 0 bridgehead atoms. The molecular formula is C36H34N8O5S. The highest BCUT2D eigenvalue weighted by atomic mass is 32.2. The summed E-state index contributed by atoms with van der Waals surface area (Å²) in [6, 6.07) is 19.7. The minimum atomic E-state index is -3.52. The topological polar surface area (TPSA) is 173 Å². The van der Waals surface area contributed by atoms with Crippen LogP contribution >= 0.6 is 0 Å². The molecule has 50 heavy (non-hydrogen) atoms. The quantitative estimate of drug-likeness (QED) is 0.217. The molecule has 1 aliphatic rings. The average molecular weight is 691 g/mol. The van der Waals surface area contributed by atoms with Crippen LogP contribution in [0.15, 0.2) is 101 Å². The summed E-state index contributed by atoms with van der Waals surface area (Å²) in [5.74, 6) is 0.293. The zero-order chi connectivity index (χ0) is 35.3. The van der Waals surface area contributed by atoms with Gasteiger partial charge in [-0.1, -0.05) is 30.3 Å². The summed E-state index contributed by atoms with van der Waals surface area (Å²) in [5, 5.41) is 13.0. The van der Waals surface area contributed by atoms with Gasteiger partial charge in [0.1, 0.15) is 12.7 Å². The second-order valence-electron chi connectivity index (χ2n) is 12.1. The first-order valence-corrected chi connectivity index (χ1v) is 17.8. The van der Waals surface area contributed by atoms with E-state index in [0.29, 0.717) is 54.1 Å². The first kappa shape index (κ1) is 33.9. The summed E-state index contributed by atoms with van der Waals surface area (Å²) in [4.78, 5) is 45.1. The Labute approximate surface area is 289 Å². The molecule has 1 fully saturated rings. The fraction of sp³-hybridized carbons (Fsp3) is 0.250. The van der Waals surface area contributed by atoms with Crippen molar-refractivity contribution in [3.8, 4) is 28.6 Å². The van der Waals surface area contributed by atoms with E-state index in [-0.39, 0.29) is 40.4 Å². The summed E-state index contributed by atoms with van der Waals surface area (Å²) < 4.78 is 31.5. The van der Waals surface area contributed by atoms with Crippen molar-refractivity contribution < 1.29 is 17.9 Å². The number of ether oxygens (including phenoxy) is 1. The Hall–Kier alpha value is -5.94. The molecule has 4 heterocycles. The van der Waals surface area contributed by atoms with Crippen molar-refractivity contribution in [3.63, 3.8) is 0 Å². The molecule has 0 radical (unpaired) electrons. The van der Waals surface area contributed by atoms with Gasteiger partial charge < -0.3 is 14.6 Å². The third-order valence-corrected chi connectivity index (χ3v) is 9.63. The Kier molecular flexibility index (Phi) is 9.96. The maximum atomic E-state index is 13.7. The predicted molar refractivity (Wildman–Crippen MR) is 187 cm³/mol. The SMILES string of the molecule is Cn1ccc(-c2ccc(N(C(=O)OCc3ccccc3)[C@H]3CC[C@H](Nc4ncc(C#N)c(-c5cncc(S(C)(=O)=O)c5)n4)CC3)cn2)cc1=O. The summed E-state index contributed by atoms with van der Waals surface area (Å²) >= 11 is 0. The van der Waals surface area contributed by atoms with Crippen molar-refractivity contribution in [1.82, 2.24) is 24.5 Å².